The number of amides is 1. The lowest BCUT2D eigenvalue weighted by atomic mass is 9.86. The van der Waals surface area contributed by atoms with Gasteiger partial charge < -0.3 is 5.32 Å². The molecule has 0 bridgehead atoms. The van der Waals surface area contributed by atoms with E-state index in [4.69, 9.17) is 0 Å². The fourth-order valence-electron chi connectivity index (χ4n) is 3.17. The van der Waals surface area contributed by atoms with Gasteiger partial charge >= 0.3 is 0 Å². The van der Waals surface area contributed by atoms with Gasteiger partial charge in [0.2, 0.25) is 0 Å². The van der Waals surface area contributed by atoms with Gasteiger partial charge in [0.1, 0.15) is 0 Å². The van der Waals surface area contributed by atoms with Crippen LogP contribution in [0, 0.1) is 0 Å². The molecule has 3 rings (SSSR count). The van der Waals surface area contributed by atoms with E-state index in [1.54, 1.807) is 36.4 Å². The van der Waals surface area contributed by atoms with E-state index in [2.05, 4.69) is 26.1 Å². The summed E-state index contributed by atoms with van der Waals surface area (Å²) in [5.41, 5.74) is 2.40. The molecule has 0 aliphatic rings. The summed E-state index contributed by atoms with van der Waals surface area (Å²) in [5.74, 6) is -0.355. The van der Waals surface area contributed by atoms with Crippen molar-refractivity contribution < 1.29 is 13.2 Å². The Morgan fingerprint density at radius 1 is 0.867 bits per heavy atom. The lowest BCUT2D eigenvalue weighted by Crippen LogP contribution is -2.27. The van der Waals surface area contributed by atoms with Gasteiger partial charge in [-0.2, -0.15) is 0 Å². The van der Waals surface area contributed by atoms with Crippen LogP contribution < -0.4 is 9.62 Å². The third-order valence-electron chi connectivity index (χ3n) is 4.86. The van der Waals surface area contributed by atoms with Crippen molar-refractivity contribution in [3.63, 3.8) is 0 Å². The summed E-state index contributed by atoms with van der Waals surface area (Å²) in [6, 6.07) is 22.5. The first-order chi connectivity index (χ1) is 14.1. The van der Waals surface area contributed by atoms with Crippen LogP contribution in [0.25, 0.3) is 0 Å². The van der Waals surface area contributed by atoms with Crippen LogP contribution in [-0.2, 0) is 15.4 Å². The van der Waals surface area contributed by atoms with Crippen LogP contribution in [-0.4, -0.2) is 21.4 Å². The third-order valence-corrected chi connectivity index (χ3v) is 6.64. The van der Waals surface area contributed by atoms with Gasteiger partial charge in [0.25, 0.3) is 15.9 Å². The zero-order valence-corrected chi connectivity index (χ0v) is 18.4. The number of para-hydroxylation sites is 2. The monoisotopic (exact) mass is 422 g/mol. The molecule has 0 fully saturated rings. The van der Waals surface area contributed by atoms with E-state index in [0.717, 1.165) is 5.56 Å². The molecule has 30 heavy (non-hydrogen) atoms. The van der Waals surface area contributed by atoms with Gasteiger partial charge in [-0.25, -0.2) is 8.42 Å². The number of carbonyl (C=O) groups is 1. The Balaban J connectivity index is 1.90. The van der Waals surface area contributed by atoms with Crippen LogP contribution in [0.15, 0.2) is 83.8 Å². The van der Waals surface area contributed by atoms with Gasteiger partial charge in [0, 0.05) is 18.3 Å². The topological polar surface area (TPSA) is 66.5 Å². The summed E-state index contributed by atoms with van der Waals surface area (Å²) in [6.07, 6.45) is 0. The number of benzene rings is 3. The van der Waals surface area contributed by atoms with Crippen molar-refractivity contribution in [1.29, 1.82) is 0 Å². The van der Waals surface area contributed by atoms with E-state index < -0.39 is 10.0 Å². The van der Waals surface area contributed by atoms with E-state index in [1.165, 1.54) is 23.5 Å². The van der Waals surface area contributed by atoms with E-state index >= 15 is 0 Å². The Labute approximate surface area is 178 Å². The van der Waals surface area contributed by atoms with E-state index in [9.17, 15) is 13.2 Å². The summed E-state index contributed by atoms with van der Waals surface area (Å²) in [4.78, 5) is 13.0. The van der Waals surface area contributed by atoms with Crippen LogP contribution >= 0.6 is 0 Å². The summed E-state index contributed by atoms with van der Waals surface area (Å²) in [7, 11) is -2.30. The molecule has 0 saturated heterocycles. The molecule has 0 saturated carbocycles. The van der Waals surface area contributed by atoms with Crippen LogP contribution in [0.2, 0.25) is 0 Å². The first-order valence-corrected chi connectivity index (χ1v) is 11.1. The van der Waals surface area contributed by atoms with Gasteiger partial charge in [-0.05, 0) is 47.4 Å². The molecule has 0 atom stereocenters. The highest BCUT2D eigenvalue weighted by atomic mass is 32.2. The Morgan fingerprint density at radius 2 is 1.50 bits per heavy atom. The Morgan fingerprint density at radius 3 is 2.17 bits per heavy atom. The quantitative estimate of drug-likeness (QED) is 0.625. The lowest BCUT2D eigenvalue weighted by Gasteiger charge is -2.23. The van der Waals surface area contributed by atoms with E-state index in [-0.39, 0.29) is 21.8 Å². The average Bonchev–Trinajstić information content (AvgIpc) is 2.73. The standard InChI is InChI=1S/C24H26N2O3S/c1-24(2,3)21-15-8-9-16-22(21)25-23(27)18-11-10-14-20(17-18)30(28,29)26(4)19-12-6-5-7-13-19/h5-17H,1-4H3,(H,25,27). The van der Waals surface area contributed by atoms with Crippen molar-refractivity contribution in [3.8, 4) is 0 Å². The highest BCUT2D eigenvalue weighted by molar-refractivity contribution is 7.92. The molecule has 0 aliphatic heterocycles. The normalized spacial score (nSPS) is 11.7. The first kappa shape index (κ1) is 21.6. The van der Waals surface area contributed by atoms with Crippen LogP contribution in [0.1, 0.15) is 36.7 Å². The van der Waals surface area contributed by atoms with Crippen molar-refractivity contribution in [2.24, 2.45) is 0 Å². The number of nitrogens with one attached hydrogen (secondary N) is 1. The van der Waals surface area contributed by atoms with Gasteiger partial charge in [-0.1, -0.05) is 63.2 Å². The van der Waals surface area contributed by atoms with Crippen molar-refractivity contribution in [2.75, 3.05) is 16.7 Å². The van der Waals surface area contributed by atoms with Crippen molar-refractivity contribution in [3.05, 3.63) is 90.0 Å². The maximum atomic E-state index is 13.0. The second-order valence-electron chi connectivity index (χ2n) is 8.09. The molecule has 0 spiro atoms. The van der Waals surface area contributed by atoms with Crippen LogP contribution in [0.3, 0.4) is 0 Å². The molecule has 0 unspecified atom stereocenters. The van der Waals surface area contributed by atoms with Crippen molar-refractivity contribution in [2.45, 2.75) is 31.1 Å². The largest absolute Gasteiger partial charge is 0.322 e. The van der Waals surface area contributed by atoms with E-state index in [1.807, 2.05) is 30.3 Å². The maximum absolute atomic E-state index is 13.0. The van der Waals surface area contributed by atoms with Crippen LogP contribution in [0.4, 0.5) is 11.4 Å². The molecule has 3 aromatic rings. The highest BCUT2D eigenvalue weighted by Gasteiger charge is 2.23. The number of carbonyl (C=O) groups excluding carboxylic acids is 1. The van der Waals surface area contributed by atoms with Gasteiger partial charge in [0.15, 0.2) is 0 Å². The fraction of sp³-hybridized carbons (Fsp3) is 0.208. The summed E-state index contributed by atoms with van der Waals surface area (Å²) in [5, 5.41) is 2.93. The zero-order valence-electron chi connectivity index (χ0n) is 17.6. The molecule has 0 aliphatic carbocycles. The molecular weight excluding hydrogens is 396 g/mol. The maximum Gasteiger partial charge on any atom is 0.264 e. The second kappa shape index (κ2) is 8.32. The number of hydrogen-bond acceptors (Lipinski definition) is 3. The number of hydrogen-bond donors (Lipinski definition) is 1. The molecule has 3 aromatic carbocycles. The van der Waals surface area contributed by atoms with Crippen LogP contribution in [0.5, 0.6) is 0 Å². The zero-order chi connectivity index (χ0) is 21.9. The third kappa shape index (κ3) is 4.54. The highest BCUT2D eigenvalue weighted by Crippen LogP contribution is 2.30. The minimum atomic E-state index is -3.80. The SMILES string of the molecule is CN(c1ccccc1)S(=O)(=O)c1cccc(C(=O)Nc2ccccc2C(C)(C)C)c1. The lowest BCUT2D eigenvalue weighted by molar-refractivity contribution is 0.102. The minimum Gasteiger partial charge on any atom is -0.322 e. The summed E-state index contributed by atoms with van der Waals surface area (Å²) >= 11 is 0. The smallest absolute Gasteiger partial charge is 0.264 e. The minimum absolute atomic E-state index is 0.0607. The Bertz CT molecular complexity index is 1150. The molecule has 156 valence electrons. The Hall–Kier alpha value is -3.12. The summed E-state index contributed by atoms with van der Waals surface area (Å²) in [6.45, 7) is 6.22. The van der Waals surface area contributed by atoms with Crippen molar-refractivity contribution in [1.82, 2.24) is 0 Å². The molecule has 0 aromatic heterocycles. The van der Waals surface area contributed by atoms with Crippen molar-refractivity contribution >= 4 is 27.3 Å². The van der Waals surface area contributed by atoms with Gasteiger partial charge in [-0.3, -0.25) is 9.10 Å². The van der Waals surface area contributed by atoms with Gasteiger partial charge in [0.05, 0.1) is 10.6 Å². The number of nitrogens with zero attached hydrogens (tertiary/aromatic N) is 1. The predicted molar refractivity (Wildman–Crippen MR) is 122 cm³/mol. The molecular formula is C24H26N2O3S. The van der Waals surface area contributed by atoms with Gasteiger partial charge in [-0.15, -0.1) is 0 Å². The van der Waals surface area contributed by atoms with E-state index in [0.29, 0.717) is 11.4 Å². The predicted octanol–water partition coefficient (Wildman–Crippen LogP) is 5.06. The fourth-order valence-corrected chi connectivity index (χ4v) is 4.42. The second-order valence-corrected chi connectivity index (χ2v) is 10.1. The number of anilines is 2. The number of rotatable bonds is 5. The number of sulfonamides is 1. The molecule has 1 N–H and O–H groups in total. The molecule has 0 heterocycles. The first-order valence-electron chi connectivity index (χ1n) is 9.65. The molecule has 1 amide bonds. The Kier molecular flexibility index (Phi) is 5.99. The molecule has 6 heteroatoms. The molecule has 0 radical (unpaired) electrons. The molecule has 5 nitrogen and oxygen atoms in total. The summed E-state index contributed by atoms with van der Waals surface area (Å²) < 4.78 is 27.3. The average molecular weight is 423 g/mol.